The average Bonchev–Trinajstić information content (AvgIpc) is 1.60. The molecule has 0 saturated carbocycles. The standard InChI is InChI=1S/C90H75BN4/c1-88(2,3)62-52-63(89(4,5)6)54-66(53-62)93-78-47-27-24-40-73(78)83-79(93)51-50-75-87(83)95(86-69(60-34-18-12-19-35-60)43-29-44-70(86)61-36-20-13-21-37-61)82-56-64(90(7,8)9)55-81-84(82)91(75)74-49-48-65(92-76-45-25-22-38-71(76)72-39-23-26-46-77(72)92)57-80(74)94(81)85-67(58-30-14-10-15-31-58)41-28-42-68(85)59-32-16-11-17-33-59/h10-57H,1-9H3. The minimum absolute atomic E-state index is 0.0982. The highest BCUT2D eigenvalue weighted by atomic mass is 15.2. The third-order valence-corrected chi connectivity index (χ3v) is 20.3. The van der Waals surface area contributed by atoms with Crippen LogP contribution in [0.5, 0.6) is 0 Å². The molecule has 95 heavy (non-hydrogen) atoms. The lowest BCUT2D eigenvalue weighted by Crippen LogP contribution is -2.61. The summed E-state index contributed by atoms with van der Waals surface area (Å²) in [6.07, 6.45) is 0. The molecule has 0 aliphatic carbocycles. The van der Waals surface area contributed by atoms with Crippen LogP contribution in [0.4, 0.5) is 34.1 Å². The Balaban J connectivity index is 1.08. The molecule has 0 saturated heterocycles. The molecule has 0 atom stereocenters. The number of fused-ring (bicyclic) bond motifs is 11. The Morgan fingerprint density at radius 2 is 0.642 bits per heavy atom. The lowest BCUT2D eigenvalue weighted by Gasteiger charge is -2.46. The fourth-order valence-electron chi connectivity index (χ4n) is 15.6. The number of nitrogens with zero attached hydrogens (tertiary/aromatic N) is 4. The summed E-state index contributed by atoms with van der Waals surface area (Å²) in [5, 5.41) is 4.90. The minimum atomic E-state index is -0.309. The number of para-hydroxylation sites is 5. The third-order valence-electron chi connectivity index (χ3n) is 20.3. The summed E-state index contributed by atoms with van der Waals surface area (Å²) in [6, 6.07) is 110. The van der Waals surface area contributed by atoms with Gasteiger partial charge in [-0.05, 0) is 132 Å². The number of hydrogen-bond donors (Lipinski definition) is 0. The normalized spacial score (nSPS) is 13.0. The zero-order valence-corrected chi connectivity index (χ0v) is 55.6. The monoisotopic (exact) mass is 1220 g/mol. The van der Waals surface area contributed by atoms with Gasteiger partial charge in [-0.15, -0.1) is 0 Å². The van der Waals surface area contributed by atoms with E-state index >= 15 is 0 Å². The van der Waals surface area contributed by atoms with Crippen LogP contribution in [-0.2, 0) is 16.2 Å². The van der Waals surface area contributed by atoms with Crippen LogP contribution < -0.4 is 26.2 Å². The van der Waals surface area contributed by atoms with Gasteiger partial charge in [-0.2, -0.15) is 0 Å². The van der Waals surface area contributed by atoms with E-state index in [0.29, 0.717) is 0 Å². The van der Waals surface area contributed by atoms with E-state index in [1.54, 1.807) is 0 Å². The number of hydrogen-bond acceptors (Lipinski definition) is 2. The van der Waals surface area contributed by atoms with Gasteiger partial charge in [0.25, 0.3) is 6.71 Å². The molecular weight excluding hydrogens is 1150 g/mol. The van der Waals surface area contributed by atoms with Crippen LogP contribution in [0.3, 0.4) is 0 Å². The molecule has 2 aromatic heterocycles. The summed E-state index contributed by atoms with van der Waals surface area (Å²) < 4.78 is 5.08. The van der Waals surface area contributed by atoms with Crippen molar-refractivity contribution in [2.24, 2.45) is 0 Å². The topological polar surface area (TPSA) is 16.3 Å². The van der Waals surface area contributed by atoms with E-state index in [1.807, 2.05) is 0 Å². The average molecular weight is 1220 g/mol. The maximum absolute atomic E-state index is 2.76. The van der Waals surface area contributed by atoms with Crippen molar-refractivity contribution in [1.29, 1.82) is 0 Å². The maximum atomic E-state index is 2.76. The second-order valence-corrected chi connectivity index (χ2v) is 29.3. The molecule has 4 heterocycles. The van der Waals surface area contributed by atoms with Gasteiger partial charge in [-0.1, -0.05) is 293 Å². The van der Waals surface area contributed by atoms with E-state index in [4.69, 9.17) is 0 Å². The summed E-state index contributed by atoms with van der Waals surface area (Å²) in [5.74, 6) is 0. The molecule has 15 aromatic rings. The predicted molar refractivity (Wildman–Crippen MR) is 407 cm³/mol. The van der Waals surface area contributed by atoms with E-state index in [-0.39, 0.29) is 23.0 Å². The SMILES string of the molecule is CC(C)(C)c1cc(-n2c3ccccc3c3c4c(ccc32)B2c3ccc(-n5c6ccccc6c6ccccc65)cc3N(c3c(-c5ccccc5)cccc3-c3ccccc3)c3cc(C(C)(C)C)cc(c32)N4c2c(-c3ccccc3)cccc2-c2ccccc2)cc(C(C)(C)C)c1. The van der Waals surface area contributed by atoms with Crippen molar-refractivity contribution in [2.75, 3.05) is 9.80 Å². The summed E-state index contributed by atoms with van der Waals surface area (Å²) in [4.78, 5) is 5.46. The molecule has 5 heteroatoms. The fourth-order valence-corrected chi connectivity index (χ4v) is 15.6. The van der Waals surface area contributed by atoms with E-state index < -0.39 is 0 Å². The smallest absolute Gasteiger partial charge is 0.252 e. The van der Waals surface area contributed by atoms with Crippen molar-refractivity contribution in [3.05, 3.63) is 308 Å². The molecule has 458 valence electrons. The van der Waals surface area contributed by atoms with Crippen molar-refractivity contribution < 1.29 is 0 Å². The van der Waals surface area contributed by atoms with Crippen molar-refractivity contribution in [3.8, 4) is 55.9 Å². The van der Waals surface area contributed by atoms with Crippen LogP contribution in [0.2, 0.25) is 0 Å². The van der Waals surface area contributed by atoms with Crippen LogP contribution in [0.25, 0.3) is 99.5 Å². The molecule has 17 rings (SSSR count). The van der Waals surface area contributed by atoms with Crippen LogP contribution in [0, 0.1) is 0 Å². The van der Waals surface area contributed by atoms with Crippen LogP contribution in [0.1, 0.15) is 79.0 Å². The fraction of sp³-hybridized carbons (Fsp3) is 0.133. The van der Waals surface area contributed by atoms with Crippen molar-refractivity contribution in [2.45, 2.75) is 78.6 Å². The predicted octanol–water partition coefficient (Wildman–Crippen LogP) is 22.5. The zero-order valence-electron chi connectivity index (χ0n) is 55.6. The van der Waals surface area contributed by atoms with E-state index in [1.165, 1.54) is 93.8 Å². The Morgan fingerprint density at radius 1 is 0.263 bits per heavy atom. The molecule has 0 N–H and O–H groups in total. The minimum Gasteiger partial charge on any atom is -0.310 e. The summed E-state index contributed by atoms with van der Waals surface area (Å²) in [6.45, 7) is 21.1. The number of rotatable bonds is 8. The van der Waals surface area contributed by atoms with E-state index in [2.05, 4.69) is 372 Å². The van der Waals surface area contributed by atoms with Gasteiger partial charge < -0.3 is 18.9 Å². The van der Waals surface area contributed by atoms with Gasteiger partial charge >= 0.3 is 0 Å². The van der Waals surface area contributed by atoms with Gasteiger partial charge in [-0.3, -0.25) is 0 Å². The van der Waals surface area contributed by atoms with Gasteiger partial charge in [0.2, 0.25) is 0 Å². The van der Waals surface area contributed by atoms with Crippen molar-refractivity contribution in [1.82, 2.24) is 9.13 Å². The summed E-state index contributed by atoms with van der Waals surface area (Å²) in [7, 11) is 0. The second kappa shape index (κ2) is 21.9. The molecule has 4 nitrogen and oxygen atoms in total. The molecule has 0 radical (unpaired) electrons. The van der Waals surface area contributed by atoms with E-state index in [0.717, 1.165) is 72.9 Å². The first-order chi connectivity index (χ1) is 46.1. The maximum Gasteiger partial charge on any atom is 0.252 e. The highest BCUT2D eigenvalue weighted by molar-refractivity contribution is 7.00. The molecule has 0 fully saturated rings. The van der Waals surface area contributed by atoms with Gasteiger partial charge in [-0.25, -0.2) is 0 Å². The molecule has 0 amide bonds. The molecule has 0 unspecified atom stereocenters. The lowest BCUT2D eigenvalue weighted by molar-refractivity contribution is 0.568. The Bertz CT molecular complexity index is 5340. The van der Waals surface area contributed by atoms with Gasteiger partial charge in [0.05, 0.1) is 39.1 Å². The second-order valence-electron chi connectivity index (χ2n) is 29.3. The molecule has 2 aliphatic heterocycles. The van der Waals surface area contributed by atoms with Crippen LogP contribution in [0.15, 0.2) is 291 Å². The van der Waals surface area contributed by atoms with E-state index in [9.17, 15) is 0 Å². The first kappa shape index (κ1) is 58.0. The number of anilines is 6. The first-order valence-corrected chi connectivity index (χ1v) is 33.7. The molecular formula is C90H75BN4. The van der Waals surface area contributed by atoms with Crippen LogP contribution in [-0.4, -0.2) is 15.8 Å². The Labute approximate surface area is 558 Å². The van der Waals surface area contributed by atoms with Gasteiger partial charge in [0.15, 0.2) is 0 Å². The van der Waals surface area contributed by atoms with Crippen molar-refractivity contribution in [3.63, 3.8) is 0 Å². The summed E-state index contributed by atoms with van der Waals surface area (Å²) >= 11 is 0. The Hall–Kier alpha value is -10.9. The molecule has 13 aromatic carbocycles. The number of aromatic nitrogens is 2. The quantitative estimate of drug-likeness (QED) is 0.141. The Morgan fingerprint density at radius 3 is 1.11 bits per heavy atom. The molecule has 0 spiro atoms. The first-order valence-electron chi connectivity index (χ1n) is 33.7. The third kappa shape index (κ3) is 9.33. The van der Waals surface area contributed by atoms with Crippen LogP contribution >= 0.6 is 0 Å². The van der Waals surface area contributed by atoms with Crippen molar-refractivity contribution >= 4 is 101 Å². The molecule has 2 aliphatic rings. The Kier molecular flexibility index (Phi) is 13.3. The lowest BCUT2D eigenvalue weighted by atomic mass is 9.33. The summed E-state index contributed by atoms with van der Waals surface area (Å²) in [5.41, 5.74) is 30.3. The highest BCUT2D eigenvalue weighted by Gasteiger charge is 2.47. The van der Waals surface area contributed by atoms with Gasteiger partial charge in [0.1, 0.15) is 0 Å². The zero-order chi connectivity index (χ0) is 64.6. The molecule has 0 bridgehead atoms. The highest BCUT2D eigenvalue weighted by Crippen LogP contribution is 2.56. The largest absolute Gasteiger partial charge is 0.310 e. The number of benzene rings is 13. The van der Waals surface area contributed by atoms with Gasteiger partial charge in [0, 0.05) is 72.2 Å².